The first kappa shape index (κ1) is 19.0. The van der Waals surface area contributed by atoms with E-state index in [1.165, 1.54) is 0 Å². The number of hydrogen-bond acceptors (Lipinski definition) is 6. The molecule has 0 radical (unpaired) electrons. The predicted octanol–water partition coefficient (Wildman–Crippen LogP) is 3.25. The van der Waals surface area contributed by atoms with Gasteiger partial charge in [0, 0.05) is 42.6 Å². The SMILES string of the molecule is Cc1c(-c2cc(N)c3cnc(NC(=O)[C@H]4C[C@@H]4c4cnn(C)c4)cc3c2)ccnc1N. The number of anilines is 3. The summed E-state index contributed by atoms with van der Waals surface area (Å²) in [5.74, 6) is 1.14. The Labute approximate surface area is 179 Å². The van der Waals surface area contributed by atoms with Crippen LogP contribution in [0, 0.1) is 12.8 Å². The van der Waals surface area contributed by atoms with E-state index in [1.807, 2.05) is 50.6 Å². The maximum Gasteiger partial charge on any atom is 0.229 e. The van der Waals surface area contributed by atoms with Gasteiger partial charge in [-0.1, -0.05) is 0 Å². The third kappa shape index (κ3) is 3.46. The van der Waals surface area contributed by atoms with E-state index in [-0.39, 0.29) is 17.7 Å². The van der Waals surface area contributed by atoms with Gasteiger partial charge >= 0.3 is 0 Å². The summed E-state index contributed by atoms with van der Waals surface area (Å²) in [4.78, 5) is 21.2. The van der Waals surface area contributed by atoms with Gasteiger partial charge < -0.3 is 16.8 Å². The van der Waals surface area contributed by atoms with Crippen molar-refractivity contribution in [3.63, 3.8) is 0 Å². The molecule has 2 atom stereocenters. The Morgan fingerprint density at radius 2 is 2.03 bits per heavy atom. The molecule has 31 heavy (non-hydrogen) atoms. The number of nitrogens with two attached hydrogens (primary N) is 2. The molecule has 0 bridgehead atoms. The first-order valence-corrected chi connectivity index (χ1v) is 10.1. The van der Waals surface area contributed by atoms with Crippen LogP contribution in [-0.2, 0) is 11.8 Å². The van der Waals surface area contributed by atoms with E-state index < -0.39 is 0 Å². The summed E-state index contributed by atoms with van der Waals surface area (Å²) in [7, 11) is 1.88. The fourth-order valence-corrected chi connectivity index (χ4v) is 4.08. The van der Waals surface area contributed by atoms with E-state index in [0.717, 1.165) is 39.4 Å². The van der Waals surface area contributed by atoms with Gasteiger partial charge in [0.1, 0.15) is 11.6 Å². The Kier molecular flexibility index (Phi) is 4.35. The average molecular weight is 413 g/mol. The van der Waals surface area contributed by atoms with Crippen molar-refractivity contribution >= 4 is 34.0 Å². The molecule has 5 N–H and O–H groups in total. The summed E-state index contributed by atoms with van der Waals surface area (Å²) in [6.45, 7) is 1.94. The zero-order chi connectivity index (χ0) is 21.7. The molecule has 1 fully saturated rings. The third-order valence-corrected chi connectivity index (χ3v) is 5.95. The van der Waals surface area contributed by atoms with Gasteiger partial charge in [0.05, 0.1) is 6.20 Å². The summed E-state index contributed by atoms with van der Waals surface area (Å²) in [6, 6.07) is 7.71. The zero-order valence-electron chi connectivity index (χ0n) is 17.3. The van der Waals surface area contributed by atoms with E-state index in [0.29, 0.717) is 17.3 Å². The molecular weight excluding hydrogens is 390 g/mol. The van der Waals surface area contributed by atoms with E-state index >= 15 is 0 Å². The van der Waals surface area contributed by atoms with Crippen LogP contribution in [0.1, 0.15) is 23.5 Å². The van der Waals surface area contributed by atoms with Crippen LogP contribution in [0.4, 0.5) is 17.3 Å². The Hall–Kier alpha value is -3.94. The molecular formula is C23H23N7O. The van der Waals surface area contributed by atoms with Crippen LogP contribution in [0.2, 0.25) is 0 Å². The lowest BCUT2D eigenvalue weighted by Gasteiger charge is -2.12. The number of carbonyl (C=O) groups excluding carboxylic acids is 1. The number of pyridine rings is 2. The van der Waals surface area contributed by atoms with Crippen LogP contribution in [-0.4, -0.2) is 25.7 Å². The molecule has 1 amide bonds. The van der Waals surface area contributed by atoms with Crippen LogP contribution in [0.15, 0.2) is 49.1 Å². The van der Waals surface area contributed by atoms with Crippen molar-refractivity contribution in [2.75, 3.05) is 16.8 Å². The molecule has 1 aromatic carbocycles. The minimum absolute atomic E-state index is 0.0254. The number of nitrogens with one attached hydrogen (secondary N) is 1. The third-order valence-electron chi connectivity index (χ3n) is 5.95. The topological polar surface area (TPSA) is 125 Å². The van der Waals surface area contributed by atoms with Crippen LogP contribution in [0.3, 0.4) is 0 Å². The standard InChI is InChI=1S/C23H23N7O/c1-12-16(3-4-26-22(12)25)13-5-14-7-21(27-10-19(14)20(24)6-13)29-23(31)18-8-17(18)15-9-28-30(2)11-15/h3-7,9-11,17-18H,8,24H2,1-2H3,(H2,25,26)(H,27,29,31)/t17-,18+/m1/s1. The predicted molar refractivity (Wildman–Crippen MR) is 121 cm³/mol. The fourth-order valence-electron chi connectivity index (χ4n) is 4.08. The molecule has 8 nitrogen and oxygen atoms in total. The molecule has 3 heterocycles. The van der Waals surface area contributed by atoms with Gasteiger partial charge in [-0.25, -0.2) is 9.97 Å². The summed E-state index contributed by atoms with van der Waals surface area (Å²) in [6.07, 6.45) is 7.99. The Morgan fingerprint density at radius 3 is 2.81 bits per heavy atom. The van der Waals surface area contributed by atoms with Gasteiger partial charge in [0.2, 0.25) is 5.91 Å². The molecule has 3 aromatic heterocycles. The summed E-state index contributed by atoms with van der Waals surface area (Å²) >= 11 is 0. The second kappa shape index (κ2) is 7.09. The van der Waals surface area contributed by atoms with Gasteiger partial charge in [-0.05, 0) is 71.2 Å². The van der Waals surface area contributed by atoms with Gasteiger partial charge in [-0.3, -0.25) is 9.48 Å². The van der Waals surface area contributed by atoms with E-state index in [1.54, 1.807) is 17.1 Å². The number of aromatic nitrogens is 4. The lowest BCUT2D eigenvalue weighted by atomic mass is 9.98. The smallest absolute Gasteiger partial charge is 0.229 e. The summed E-state index contributed by atoms with van der Waals surface area (Å²) < 4.78 is 1.76. The first-order valence-electron chi connectivity index (χ1n) is 10.1. The fraction of sp³-hybridized carbons (Fsp3) is 0.217. The molecule has 4 aromatic rings. The van der Waals surface area contributed by atoms with Gasteiger partial charge in [-0.2, -0.15) is 5.10 Å². The number of hydrogen-bond donors (Lipinski definition) is 3. The van der Waals surface area contributed by atoms with Crippen molar-refractivity contribution in [1.29, 1.82) is 0 Å². The van der Waals surface area contributed by atoms with Crippen LogP contribution in [0.25, 0.3) is 21.9 Å². The lowest BCUT2D eigenvalue weighted by molar-refractivity contribution is -0.117. The Balaban J connectivity index is 1.42. The highest BCUT2D eigenvalue weighted by molar-refractivity contribution is 6.00. The number of fused-ring (bicyclic) bond motifs is 1. The van der Waals surface area contributed by atoms with Crippen molar-refractivity contribution in [3.8, 4) is 11.1 Å². The lowest BCUT2D eigenvalue weighted by Crippen LogP contribution is -2.15. The average Bonchev–Trinajstić information content (AvgIpc) is 3.43. The molecule has 0 saturated heterocycles. The monoisotopic (exact) mass is 413 g/mol. The Bertz CT molecular complexity index is 1330. The first-order chi connectivity index (χ1) is 14.9. The number of carbonyl (C=O) groups is 1. The minimum Gasteiger partial charge on any atom is -0.398 e. The molecule has 5 rings (SSSR count). The number of nitrogen functional groups attached to an aromatic ring is 2. The van der Waals surface area contributed by atoms with E-state index in [9.17, 15) is 4.79 Å². The normalized spacial score (nSPS) is 17.6. The van der Waals surface area contributed by atoms with Crippen LogP contribution < -0.4 is 16.8 Å². The quantitative estimate of drug-likeness (QED) is 0.441. The van der Waals surface area contributed by atoms with Crippen molar-refractivity contribution in [3.05, 3.63) is 60.2 Å². The highest BCUT2D eigenvalue weighted by atomic mass is 16.2. The van der Waals surface area contributed by atoms with Crippen molar-refractivity contribution in [1.82, 2.24) is 19.7 Å². The second-order valence-corrected chi connectivity index (χ2v) is 8.11. The van der Waals surface area contributed by atoms with Crippen molar-refractivity contribution in [2.24, 2.45) is 13.0 Å². The molecule has 0 unspecified atom stereocenters. The van der Waals surface area contributed by atoms with Crippen LogP contribution in [0.5, 0.6) is 0 Å². The molecule has 1 saturated carbocycles. The molecule has 1 aliphatic rings. The van der Waals surface area contributed by atoms with Gasteiger partial charge in [0.25, 0.3) is 0 Å². The zero-order valence-corrected chi connectivity index (χ0v) is 17.3. The maximum absolute atomic E-state index is 12.7. The molecule has 1 aliphatic carbocycles. The number of nitrogens with zero attached hydrogens (tertiary/aromatic N) is 4. The van der Waals surface area contributed by atoms with Crippen molar-refractivity contribution in [2.45, 2.75) is 19.3 Å². The minimum atomic E-state index is -0.0551. The number of rotatable bonds is 4. The number of aryl methyl sites for hydroxylation is 1. The summed E-state index contributed by atoms with van der Waals surface area (Å²) in [5.41, 5.74) is 16.8. The molecule has 8 heteroatoms. The van der Waals surface area contributed by atoms with E-state index in [2.05, 4.69) is 20.4 Å². The number of amides is 1. The highest BCUT2D eigenvalue weighted by Gasteiger charge is 2.44. The van der Waals surface area contributed by atoms with Crippen LogP contribution >= 0.6 is 0 Å². The molecule has 156 valence electrons. The van der Waals surface area contributed by atoms with Crippen molar-refractivity contribution < 1.29 is 4.79 Å². The second-order valence-electron chi connectivity index (χ2n) is 8.11. The molecule has 0 spiro atoms. The maximum atomic E-state index is 12.7. The Morgan fingerprint density at radius 1 is 1.19 bits per heavy atom. The van der Waals surface area contributed by atoms with Gasteiger partial charge in [0.15, 0.2) is 0 Å². The number of benzene rings is 1. The van der Waals surface area contributed by atoms with Gasteiger partial charge in [-0.15, -0.1) is 0 Å². The largest absolute Gasteiger partial charge is 0.398 e. The summed E-state index contributed by atoms with van der Waals surface area (Å²) in [5, 5.41) is 8.88. The molecule has 0 aliphatic heterocycles. The highest BCUT2D eigenvalue weighted by Crippen LogP contribution is 2.47. The van der Waals surface area contributed by atoms with E-state index in [4.69, 9.17) is 11.5 Å².